The first-order valence-electron chi connectivity index (χ1n) is 7.16. The minimum absolute atomic E-state index is 0.336. The maximum Gasteiger partial charge on any atom is 0.193 e. The molecule has 0 aliphatic carbocycles. The van der Waals surface area contributed by atoms with E-state index < -0.39 is 0 Å². The van der Waals surface area contributed by atoms with E-state index in [1.807, 2.05) is 32.3 Å². The van der Waals surface area contributed by atoms with Gasteiger partial charge in [0.2, 0.25) is 0 Å². The molecule has 0 spiro atoms. The maximum absolute atomic E-state index is 6.08. The third-order valence-electron chi connectivity index (χ3n) is 3.31. The molecule has 122 valence electrons. The highest BCUT2D eigenvalue weighted by molar-refractivity contribution is 6.32. The largest absolute Gasteiger partial charge is 0.495 e. The summed E-state index contributed by atoms with van der Waals surface area (Å²) in [7, 11) is 5.59. The minimum Gasteiger partial charge on any atom is -0.495 e. The van der Waals surface area contributed by atoms with Crippen LogP contribution >= 0.6 is 11.6 Å². The molecule has 6 heteroatoms. The van der Waals surface area contributed by atoms with Crippen LogP contribution in [0, 0.1) is 0 Å². The maximum atomic E-state index is 6.08. The molecule has 0 aliphatic heterocycles. The number of hydrogen-bond acceptors (Lipinski definition) is 3. The smallest absolute Gasteiger partial charge is 0.193 e. The Morgan fingerprint density at radius 1 is 1.22 bits per heavy atom. The second-order valence-corrected chi connectivity index (χ2v) is 5.64. The Morgan fingerprint density at radius 2 is 1.91 bits per heavy atom. The van der Waals surface area contributed by atoms with E-state index in [-0.39, 0.29) is 0 Å². The molecule has 5 nitrogen and oxygen atoms in total. The molecule has 0 bridgehead atoms. The summed E-state index contributed by atoms with van der Waals surface area (Å²) in [6.07, 6.45) is 0. The van der Waals surface area contributed by atoms with Gasteiger partial charge in [-0.15, -0.1) is 0 Å². The summed E-state index contributed by atoms with van der Waals surface area (Å²) in [4.78, 5) is 6.38. The zero-order chi connectivity index (χ0) is 16.8. The molecule has 0 unspecified atom stereocenters. The number of hydrogen-bond donors (Lipinski definition) is 2. The molecular formula is C17H21ClN4O. The van der Waals surface area contributed by atoms with Crippen molar-refractivity contribution in [1.82, 2.24) is 0 Å². The van der Waals surface area contributed by atoms with Gasteiger partial charge in [-0.2, -0.15) is 0 Å². The van der Waals surface area contributed by atoms with Gasteiger partial charge in [-0.05, 0) is 35.9 Å². The fourth-order valence-corrected chi connectivity index (χ4v) is 2.27. The predicted octanol–water partition coefficient (Wildman–Crippen LogP) is 3.34. The molecule has 23 heavy (non-hydrogen) atoms. The van der Waals surface area contributed by atoms with Crippen LogP contribution in [-0.2, 0) is 6.54 Å². The monoisotopic (exact) mass is 332 g/mol. The molecule has 2 aromatic rings. The Labute approximate surface area is 141 Å². The van der Waals surface area contributed by atoms with Crippen LogP contribution in [0.3, 0.4) is 0 Å². The number of benzene rings is 2. The first-order valence-corrected chi connectivity index (χ1v) is 7.54. The molecule has 3 N–H and O–H groups in total. The number of rotatable bonds is 5. The van der Waals surface area contributed by atoms with Crippen LogP contribution in [0.5, 0.6) is 5.75 Å². The van der Waals surface area contributed by atoms with Gasteiger partial charge in [0.15, 0.2) is 5.96 Å². The van der Waals surface area contributed by atoms with E-state index in [0.717, 1.165) is 16.9 Å². The molecule has 0 fully saturated rings. The highest BCUT2D eigenvalue weighted by atomic mass is 35.5. The van der Waals surface area contributed by atoms with Gasteiger partial charge in [0, 0.05) is 25.5 Å². The van der Waals surface area contributed by atoms with Crippen LogP contribution in [0.2, 0.25) is 5.02 Å². The summed E-state index contributed by atoms with van der Waals surface area (Å²) < 4.78 is 5.11. The summed E-state index contributed by atoms with van der Waals surface area (Å²) >= 11 is 6.08. The molecule has 0 amide bonds. The van der Waals surface area contributed by atoms with Gasteiger partial charge in [-0.1, -0.05) is 23.7 Å². The van der Waals surface area contributed by atoms with E-state index in [1.165, 1.54) is 0 Å². The predicted molar refractivity (Wildman–Crippen MR) is 97.7 cm³/mol. The lowest BCUT2D eigenvalue weighted by atomic mass is 10.2. The first-order chi connectivity index (χ1) is 11.0. The minimum atomic E-state index is 0.336. The molecule has 0 radical (unpaired) electrons. The summed E-state index contributed by atoms with van der Waals surface area (Å²) in [6.45, 7) is 0.510. The molecule has 0 saturated heterocycles. The second kappa shape index (κ2) is 7.74. The average molecular weight is 333 g/mol. The van der Waals surface area contributed by atoms with E-state index in [4.69, 9.17) is 22.1 Å². The number of nitrogens with two attached hydrogens (primary N) is 1. The lowest BCUT2D eigenvalue weighted by molar-refractivity contribution is 0.415. The van der Waals surface area contributed by atoms with Crippen molar-refractivity contribution < 1.29 is 4.74 Å². The molecule has 0 aliphatic rings. The second-order valence-electron chi connectivity index (χ2n) is 5.24. The van der Waals surface area contributed by atoms with E-state index in [9.17, 15) is 0 Å². The van der Waals surface area contributed by atoms with Crippen molar-refractivity contribution in [3.63, 3.8) is 0 Å². The van der Waals surface area contributed by atoms with Crippen molar-refractivity contribution in [2.45, 2.75) is 6.54 Å². The highest BCUT2D eigenvalue weighted by Gasteiger charge is 2.02. The quantitative estimate of drug-likeness (QED) is 0.651. The Hall–Kier alpha value is -2.40. The number of halogens is 1. The van der Waals surface area contributed by atoms with Crippen molar-refractivity contribution in [2.75, 3.05) is 31.4 Å². The van der Waals surface area contributed by atoms with Crippen molar-refractivity contribution in [2.24, 2.45) is 10.7 Å². The van der Waals surface area contributed by atoms with Crippen LogP contribution in [0.15, 0.2) is 47.5 Å². The summed E-state index contributed by atoms with van der Waals surface area (Å²) in [5.41, 5.74) is 8.91. The summed E-state index contributed by atoms with van der Waals surface area (Å²) in [5, 5.41) is 3.53. The normalized spacial score (nSPS) is 11.2. The van der Waals surface area contributed by atoms with E-state index in [0.29, 0.717) is 23.3 Å². The zero-order valence-corrected chi connectivity index (χ0v) is 14.3. The fraction of sp³-hybridized carbons (Fsp3) is 0.235. The van der Waals surface area contributed by atoms with Gasteiger partial charge >= 0.3 is 0 Å². The lowest BCUT2D eigenvalue weighted by Gasteiger charge is -2.12. The number of aliphatic imine (C=N–C) groups is 1. The zero-order valence-electron chi connectivity index (χ0n) is 13.5. The van der Waals surface area contributed by atoms with Gasteiger partial charge in [-0.3, -0.25) is 0 Å². The van der Waals surface area contributed by atoms with Crippen LogP contribution in [-0.4, -0.2) is 27.2 Å². The van der Waals surface area contributed by atoms with E-state index >= 15 is 0 Å². The first kappa shape index (κ1) is 17.0. The summed E-state index contributed by atoms with van der Waals surface area (Å²) in [5.74, 6) is 0.955. The molecule has 2 rings (SSSR count). The van der Waals surface area contributed by atoms with Gasteiger partial charge in [0.1, 0.15) is 5.75 Å². The fourth-order valence-electron chi connectivity index (χ4n) is 2.01. The number of anilines is 2. The average Bonchev–Trinajstić information content (AvgIpc) is 2.53. The third-order valence-corrected chi connectivity index (χ3v) is 3.60. The van der Waals surface area contributed by atoms with E-state index in [1.54, 1.807) is 19.2 Å². The molecule has 0 aromatic heterocycles. The molecule has 2 aromatic carbocycles. The van der Waals surface area contributed by atoms with Crippen LogP contribution in [0.25, 0.3) is 0 Å². The Bertz CT molecular complexity index is 683. The van der Waals surface area contributed by atoms with Crippen LogP contribution < -0.4 is 20.7 Å². The Morgan fingerprint density at radius 3 is 2.48 bits per heavy atom. The third kappa shape index (κ3) is 4.79. The standard InChI is InChI=1S/C17H21ClN4O/c1-22(2)14-7-4-12(5-8-14)11-20-17(19)21-13-6-9-16(23-3)15(18)10-13/h4-10H,11H2,1-3H3,(H3,19,20,21). The topological polar surface area (TPSA) is 62.9 Å². The van der Waals surface area contributed by atoms with Gasteiger partial charge in [0.25, 0.3) is 0 Å². The SMILES string of the molecule is COc1ccc(NC(N)=NCc2ccc(N(C)C)cc2)cc1Cl. The highest BCUT2D eigenvalue weighted by Crippen LogP contribution is 2.27. The molecule has 0 saturated carbocycles. The summed E-state index contributed by atoms with van der Waals surface area (Å²) in [6, 6.07) is 13.5. The van der Waals surface area contributed by atoms with Gasteiger partial charge < -0.3 is 20.7 Å². The lowest BCUT2D eigenvalue weighted by Crippen LogP contribution is -2.22. The molecule has 0 heterocycles. The Kier molecular flexibility index (Phi) is 5.71. The number of nitrogens with zero attached hydrogens (tertiary/aromatic N) is 2. The Balaban J connectivity index is 1.98. The number of nitrogens with one attached hydrogen (secondary N) is 1. The van der Waals surface area contributed by atoms with Gasteiger partial charge in [0.05, 0.1) is 18.7 Å². The van der Waals surface area contributed by atoms with Crippen molar-refractivity contribution in [1.29, 1.82) is 0 Å². The molecule has 0 atom stereocenters. The van der Waals surface area contributed by atoms with Crippen LogP contribution in [0.1, 0.15) is 5.56 Å². The van der Waals surface area contributed by atoms with Crippen molar-refractivity contribution >= 4 is 28.9 Å². The number of ether oxygens (including phenoxy) is 1. The number of guanidine groups is 1. The number of methoxy groups -OCH3 is 1. The van der Waals surface area contributed by atoms with Crippen molar-refractivity contribution in [3.8, 4) is 5.75 Å². The van der Waals surface area contributed by atoms with Gasteiger partial charge in [-0.25, -0.2) is 4.99 Å². The van der Waals surface area contributed by atoms with E-state index in [2.05, 4.69) is 27.3 Å². The molecular weight excluding hydrogens is 312 g/mol. The van der Waals surface area contributed by atoms with Crippen molar-refractivity contribution in [3.05, 3.63) is 53.1 Å². The van der Waals surface area contributed by atoms with Crippen LogP contribution in [0.4, 0.5) is 11.4 Å².